The van der Waals surface area contributed by atoms with Crippen molar-refractivity contribution in [3.8, 4) is 0 Å². The van der Waals surface area contributed by atoms with Crippen LogP contribution in [0.4, 0.5) is 4.79 Å². The van der Waals surface area contributed by atoms with Gasteiger partial charge in [0.1, 0.15) is 6.61 Å². The van der Waals surface area contributed by atoms with E-state index in [9.17, 15) is 14.4 Å². The Kier molecular flexibility index (Phi) is 8.79. The molecule has 2 atom stereocenters. The number of urea groups is 1. The first-order valence-corrected chi connectivity index (χ1v) is 12.5. The standard InChI is InChI=1S/C27H40N4O5/c1-8-36-25(33)23-21(16-30-13-14-31(18(2)15-30)22(32)17-35-7)29(6)26(34)28-24(23)19-9-11-20(12-10-19)27(3,4)5/h9-12,18,24H,8,13-17H2,1-7H3,(H,28,34)/t18-,24+/m1/s1. The number of benzene rings is 1. The Morgan fingerprint density at radius 1 is 1.14 bits per heavy atom. The molecular weight excluding hydrogens is 460 g/mol. The van der Waals surface area contributed by atoms with E-state index in [0.29, 0.717) is 37.4 Å². The van der Waals surface area contributed by atoms with Crippen LogP contribution in [0, 0.1) is 0 Å². The maximum absolute atomic E-state index is 13.2. The molecule has 36 heavy (non-hydrogen) atoms. The van der Waals surface area contributed by atoms with Crippen molar-refractivity contribution in [1.82, 2.24) is 20.0 Å². The van der Waals surface area contributed by atoms with Crippen LogP contribution in [0.15, 0.2) is 35.5 Å². The number of nitrogens with one attached hydrogen (secondary N) is 1. The zero-order chi connectivity index (χ0) is 26.6. The van der Waals surface area contributed by atoms with Gasteiger partial charge in [-0.2, -0.15) is 0 Å². The van der Waals surface area contributed by atoms with Crippen molar-refractivity contribution < 1.29 is 23.9 Å². The summed E-state index contributed by atoms with van der Waals surface area (Å²) < 4.78 is 10.5. The lowest BCUT2D eigenvalue weighted by molar-refractivity contribution is -0.139. The highest BCUT2D eigenvalue weighted by atomic mass is 16.5. The molecule has 0 saturated carbocycles. The van der Waals surface area contributed by atoms with Crippen molar-refractivity contribution >= 4 is 17.9 Å². The Bertz CT molecular complexity index is 998. The van der Waals surface area contributed by atoms with Crippen molar-refractivity contribution in [3.63, 3.8) is 0 Å². The number of ether oxygens (including phenoxy) is 2. The van der Waals surface area contributed by atoms with Gasteiger partial charge in [0.2, 0.25) is 5.91 Å². The second kappa shape index (κ2) is 11.4. The van der Waals surface area contributed by atoms with E-state index in [2.05, 4.69) is 31.0 Å². The predicted molar refractivity (Wildman–Crippen MR) is 137 cm³/mol. The molecule has 1 N–H and O–H groups in total. The summed E-state index contributed by atoms with van der Waals surface area (Å²) in [6, 6.07) is 7.12. The van der Waals surface area contributed by atoms with Gasteiger partial charge < -0.3 is 19.7 Å². The third-order valence-electron chi connectivity index (χ3n) is 6.86. The van der Waals surface area contributed by atoms with Gasteiger partial charge in [0.15, 0.2) is 0 Å². The molecule has 1 fully saturated rings. The molecule has 9 nitrogen and oxygen atoms in total. The van der Waals surface area contributed by atoms with E-state index in [4.69, 9.17) is 9.47 Å². The normalized spacial score (nSPS) is 21.5. The monoisotopic (exact) mass is 500 g/mol. The van der Waals surface area contributed by atoms with Gasteiger partial charge in [-0.15, -0.1) is 0 Å². The highest BCUT2D eigenvalue weighted by molar-refractivity contribution is 5.95. The van der Waals surface area contributed by atoms with Gasteiger partial charge in [-0.3, -0.25) is 14.6 Å². The number of methoxy groups -OCH3 is 1. The zero-order valence-electron chi connectivity index (χ0n) is 22.6. The van der Waals surface area contributed by atoms with Gasteiger partial charge in [-0.25, -0.2) is 9.59 Å². The number of carbonyl (C=O) groups is 3. The number of hydrogen-bond donors (Lipinski definition) is 1. The van der Waals surface area contributed by atoms with E-state index >= 15 is 0 Å². The van der Waals surface area contributed by atoms with Crippen LogP contribution in [0.5, 0.6) is 0 Å². The first-order chi connectivity index (χ1) is 17.0. The lowest BCUT2D eigenvalue weighted by Gasteiger charge is -2.42. The van der Waals surface area contributed by atoms with Crippen molar-refractivity contribution in [1.29, 1.82) is 0 Å². The minimum absolute atomic E-state index is 0.0109. The maximum atomic E-state index is 13.2. The van der Waals surface area contributed by atoms with E-state index in [1.165, 1.54) is 17.6 Å². The predicted octanol–water partition coefficient (Wildman–Crippen LogP) is 2.68. The number of nitrogens with zero attached hydrogens (tertiary/aromatic N) is 3. The average molecular weight is 501 g/mol. The van der Waals surface area contributed by atoms with E-state index in [0.717, 1.165) is 5.56 Å². The Labute approximate surface area is 214 Å². The third kappa shape index (κ3) is 6.07. The van der Waals surface area contributed by atoms with E-state index in [1.807, 2.05) is 36.1 Å². The average Bonchev–Trinajstić information content (AvgIpc) is 2.81. The van der Waals surface area contributed by atoms with E-state index in [1.54, 1.807) is 14.0 Å². The summed E-state index contributed by atoms with van der Waals surface area (Å²) in [5.41, 5.74) is 3.04. The van der Waals surface area contributed by atoms with Crippen molar-refractivity contribution in [2.24, 2.45) is 0 Å². The van der Waals surface area contributed by atoms with Crippen LogP contribution in [-0.2, 0) is 24.5 Å². The minimum Gasteiger partial charge on any atom is -0.463 e. The van der Waals surface area contributed by atoms with Gasteiger partial charge in [-0.05, 0) is 30.4 Å². The quantitative estimate of drug-likeness (QED) is 0.579. The van der Waals surface area contributed by atoms with Gasteiger partial charge >= 0.3 is 12.0 Å². The summed E-state index contributed by atoms with van der Waals surface area (Å²) in [5.74, 6) is -0.477. The number of rotatable bonds is 7. The van der Waals surface area contributed by atoms with Crippen molar-refractivity contribution in [3.05, 3.63) is 46.7 Å². The molecule has 0 aromatic heterocycles. The number of amides is 3. The zero-order valence-corrected chi connectivity index (χ0v) is 22.6. The molecular formula is C27H40N4O5. The lowest BCUT2D eigenvalue weighted by atomic mass is 9.85. The first kappa shape index (κ1) is 27.7. The smallest absolute Gasteiger partial charge is 0.338 e. The molecule has 1 aromatic rings. The van der Waals surface area contributed by atoms with Gasteiger partial charge in [0.05, 0.1) is 18.2 Å². The van der Waals surface area contributed by atoms with Crippen molar-refractivity contribution in [2.75, 3.05) is 53.6 Å². The summed E-state index contributed by atoms with van der Waals surface area (Å²) in [6.07, 6.45) is 0. The second-order valence-electron chi connectivity index (χ2n) is 10.5. The summed E-state index contributed by atoms with van der Waals surface area (Å²) in [4.78, 5) is 44.1. The molecule has 9 heteroatoms. The summed E-state index contributed by atoms with van der Waals surface area (Å²) in [6.45, 7) is 12.7. The Morgan fingerprint density at radius 3 is 2.36 bits per heavy atom. The molecule has 1 saturated heterocycles. The second-order valence-corrected chi connectivity index (χ2v) is 10.5. The molecule has 0 spiro atoms. The van der Waals surface area contributed by atoms with Crippen LogP contribution in [0.1, 0.15) is 51.8 Å². The largest absolute Gasteiger partial charge is 0.463 e. The molecule has 0 aliphatic carbocycles. The number of piperazine rings is 1. The Hall–Kier alpha value is -2.91. The number of hydrogen-bond acceptors (Lipinski definition) is 6. The molecule has 1 aromatic carbocycles. The van der Waals surface area contributed by atoms with E-state index < -0.39 is 12.0 Å². The molecule has 2 aliphatic heterocycles. The minimum atomic E-state index is -0.612. The fraction of sp³-hybridized carbons (Fsp3) is 0.593. The Morgan fingerprint density at radius 2 is 1.81 bits per heavy atom. The number of carbonyl (C=O) groups excluding carboxylic acids is 3. The van der Waals surface area contributed by atoms with Crippen LogP contribution >= 0.6 is 0 Å². The van der Waals surface area contributed by atoms with Crippen molar-refractivity contribution in [2.45, 2.75) is 52.1 Å². The molecule has 0 unspecified atom stereocenters. The van der Waals surface area contributed by atoms with Crippen LogP contribution in [0.2, 0.25) is 0 Å². The Balaban J connectivity index is 1.94. The van der Waals surface area contributed by atoms with Gasteiger partial charge in [-0.1, -0.05) is 45.0 Å². The highest BCUT2D eigenvalue weighted by Crippen LogP contribution is 2.33. The summed E-state index contributed by atoms with van der Waals surface area (Å²) in [5, 5.41) is 2.99. The molecule has 0 bridgehead atoms. The molecule has 3 amide bonds. The van der Waals surface area contributed by atoms with Crippen LogP contribution in [0.25, 0.3) is 0 Å². The van der Waals surface area contributed by atoms with Crippen LogP contribution in [-0.4, -0.2) is 92.2 Å². The topological polar surface area (TPSA) is 91.4 Å². The third-order valence-corrected chi connectivity index (χ3v) is 6.86. The number of esters is 1. The first-order valence-electron chi connectivity index (χ1n) is 12.5. The highest BCUT2D eigenvalue weighted by Gasteiger charge is 2.38. The lowest BCUT2D eigenvalue weighted by Crippen LogP contribution is -2.56. The maximum Gasteiger partial charge on any atom is 0.338 e. The number of likely N-dealkylation sites (N-methyl/N-ethyl adjacent to an activating group) is 1. The molecule has 2 heterocycles. The SMILES string of the molecule is CCOC(=O)C1=C(CN2CCN(C(=O)COC)[C@H](C)C2)N(C)C(=O)N[C@H]1c1ccc(C(C)(C)C)cc1. The fourth-order valence-corrected chi connectivity index (χ4v) is 4.79. The van der Waals surface area contributed by atoms with Crippen LogP contribution in [0.3, 0.4) is 0 Å². The van der Waals surface area contributed by atoms with E-state index in [-0.39, 0.29) is 36.6 Å². The molecule has 3 rings (SSSR count). The summed E-state index contributed by atoms with van der Waals surface area (Å²) >= 11 is 0. The molecule has 198 valence electrons. The van der Waals surface area contributed by atoms with Crippen LogP contribution < -0.4 is 5.32 Å². The molecule has 0 radical (unpaired) electrons. The summed E-state index contributed by atoms with van der Waals surface area (Å²) in [7, 11) is 3.18. The molecule has 2 aliphatic rings. The van der Waals surface area contributed by atoms with Gasteiger partial charge in [0.25, 0.3) is 0 Å². The fourth-order valence-electron chi connectivity index (χ4n) is 4.79. The van der Waals surface area contributed by atoms with Gasteiger partial charge in [0, 0.05) is 52.1 Å².